The molecule has 4 heteroatoms. The van der Waals surface area contributed by atoms with E-state index in [4.69, 9.17) is 5.11 Å². The first-order valence-corrected chi connectivity index (χ1v) is 5.23. The van der Waals surface area contributed by atoms with Crippen LogP contribution in [-0.2, 0) is 11.2 Å². The zero-order valence-corrected chi connectivity index (χ0v) is 9.40. The van der Waals surface area contributed by atoms with Crippen LogP contribution in [0.15, 0.2) is 24.3 Å². The lowest BCUT2D eigenvalue weighted by Gasteiger charge is -2.17. The number of aliphatic carboxylic acids is 1. The minimum Gasteiger partial charge on any atom is -0.480 e. The van der Waals surface area contributed by atoms with Gasteiger partial charge in [0.15, 0.2) is 0 Å². The van der Waals surface area contributed by atoms with Crippen LogP contribution in [0.5, 0.6) is 0 Å². The summed E-state index contributed by atoms with van der Waals surface area (Å²) < 4.78 is 13.3. The lowest BCUT2D eigenvalue weighted by atomic mass is 10.0. The summed E-state index contributed by atoms with van der Waals surface area (Å²) in [6, 6.07) is 5.53. The molecule has 0 aliphatic rings. The lowest BCUT2D eigenvalue weighted by Crippen LogP contribution is -2.42. The molecule has 0 heterocycles. The molecule has 88 valence electrons. The quantitative estimate of drug-likeness (QED) is 0.803. The van der Waals surface area contributed by atoms with Gasteiger partial charge in [0.25, 0.3) is 0 Å². The van der Waals surface area contributed by atoms with E-state index in [-0.39, 0.29) is 18.3 Å². The number of halogens is 1. The molecule has 0 saturated heterocycles. The third-order valence-corrected chi connectivity index (χ3v) is 2.21. The summed E-state index contributed by atoms with van der Waals surface area (Å²) in [5.41, 5.74) is 0.419. The molecule has 1 aromatic rings. The van der Waals surface area contributed by atoms with E-state index in [1.54, 1.807) is 18.2 Å². The van der Waals surface area contributed by atoms with Crippen LogP contribution in [0.2, 0.25) is 0 Å². The zero-order chi connectivity index (χ0) is 12.1. The maximum Gasteiger partial charge on any atom is 0.321 e. The van der Waals surface area contributed by atoms with Crippen molar-refractivity contribution in [3.05, 3.63) is 35.6 Å². The van der Waals surface area contributed by atoms with Crippen molar-refractivity contribution < 1.29 is 14.3 Å². The topological polar surface area (TPSA) is 49.3 Å². The molecule has 0 radical (unpaired) electrons. The molecule has 16 heavy (non-hydrogen) atoms. The fourth-order valence-corrected chi connectivity index (χ4v) is 1.50. The molecule has 3 nitrogen and oxygen atoms in total. The van der Waals surface area contributed by atoms with Gasteiger partial charge in [-0.1, -0.05) is 32.0 Å². The predicted molar refractivity (Wildman–Crippen MR) is 59.8 cm³/mol. The molecule has 0 fully saturated rings. The molecule has 2 N–H and O–H groups in total. The van der Waals surface area contributed by atoms with E-state index in [0.717, 1.165) is 0 Å². The van der Waals surface area contributed by atoms with Gasteiger partial charge in [-0.15, -0.1) is 0 Å². The second-order valence-electron chi connectivity index (χ2n) is 4.01. The van der Waals surface area contributed by atoms with Gasteiger partial charge in [-0.25, -0.2) is 4.39 Å². The van der Waals surface area contributed by atoms with Gasteiger partial charge >= 0.3 is 5.97 Å². The average Bonchev–Trinajstić information content (AvgIpc) is 2.19. The van der Waals surface area contributed by atoms with Crippen molar-refractivity contribution >= 4 is 5.97 Å². The van der Waals surface area contributed by atoms with Crippen LogP contribution < -0.4 is 5.32 Å². The monoisotopic (exact) mass is 225 g/mol. The summed E-state index contributed by atoms with van der Waals surface area (Å²) >= 11 is 0. The summed E-state index contributed by atoms with van der Waals surface area (Å²) in [6.07, 6.45) is 0.153. The van der Waals surface area contributed by atoms with Crippen molar-refractivity contribution in [2.45, 2.75) is 32.4 Å². The fourth-order valence-electron chi connectivity index (χ4n) is 1.50. The Morgan fingerprint density at radius 3 is 2.56 bits per heavy atom. The van der Waals surface area contributed by atoms with Crippen molar-refractivity contribution in [2.75, 3.05) is 0 Å². The largest absolute Gasteiger partial charge is 0.480 e. The Morgan fingerprint density at radius 2 is 2.06 bits per heavy atom. The van der Waals surface area contributed by atoms with E-state index in [0.29, 0.717) is 5.56 Å². The van der Waals surface area contributed by atoms with Gasteiger partial charge in [-0.05, 0) is 11.6 Å². The van der Waals surface area contributed by atoms with Crippen LogP contribution in [0, 0.1) is 5.82 Å². The first-order chi connectivity index (χ1) is 7.50. The highest BCUT2D eigenvalue weighted by atomic mass is 19.1. The van der Waals surface area contributed by atoms with Crippen LogP contribution in [0.4, 0.5) is 4.39 Å². The second-order valence-corrected chi connectivity index (χ2v) is 4.01. The minimum absolute atomic E-state index is 0.0490. The minimum atomic E-state index is -0.961. The molecule has 0 saturated carbocycles. The molecule has 0 aliphatic heterocycles. The van der Waals surface area contributed by atoms with Crippen LogP contribution in [0.1, 0.15) is 19.4 Å². The maximum atomic E-state index is 13.3. The van der Waals surface area contributed by atoms with Gasteiger partial charge < -0.3 is 10.4 Å². The maximum absolute atomic E-state index is 13.3. The smallest absolute Gasteiger partial charge is 0.321 e. The number of carboxylic acid groups (broad SMARTS) is 1. The van der Waals surface area contributed by atoms with Gasteiger partial charge in [0.05, 0.1) is 0 Å². The van der Waals surface area contributed by atoms with Crippen molar-refractivity contribution in [1.29, 1.82) is 0 Å². The Balaban J connectivity index is 2.76. The van der Waals surface area contributed by atoms with E-state index in [1.807, 2.05) is 13.8 Å². The molecule has 0 aliphatic carbocycles. The molecule has 1 aromatic carbocycles. The summed E-state index contributed by atoms with van der Waals surface area (Å²) in [7, 11) is 0. The van der Waals surface area contributed by atoms with Crippen molar-refractivity contribution in [3.8, 4) is 0 Å². The van der Waals surface area contributed by atoms with Crippen LogP contribution in [-0.4, -0.2) is 23.2 Å². The number of hydrogen-bond acceptors (Lipinski definition) is 2. The molecular formula is C12H16FNO2. The van der Waals surface area contributed by atoms with Gasteiger partial charge in [0, 0.05) is 12.5 Å². The molecule has 0 amide bonds. The standard InChI is InChI=1S/C12H16FNO2/c1-8(2)14-11(12(15)16)7-9-5-3-4-6-10(9)13/h3-6,8,11,14H,7H2,1-2H3,(H,15,16). The average molecular weight is 225 g/mol. The Labute approximate surface area is 94.3 Å². The van der Waals surface area contributed by atoms with Gasteiger partial charge in [0.2, 0.25) is 0 Å². The van der Waals surface area contributed by atoms with E-state index in [2.05, 4.69) is 5.32 Å². The SMILES string of the molecule is CC(C)NC(Cc1ccccc1F)C(=O)O. The van der Waals surface area contributed by atoms with Crippen molar-refractivity contribution in [1.82, 2.24) is 5.32 Å². The molecule has 1 unspecified atom stereocenters. The molecule has 1 rings (SSSR count). The van der Waals surface area contributed by atoms with E-state index < -0.39 is 12.0 Å². The van der Waals surface area contributed by atoms with Gasteiger partial charge in [-0.3, -0.25) is 4.79 Å². The summed E-state index contributed by atoms with van der Waals surface area (Å²) in [6.45, 7) is 3.72. The number of nitrogens with one attached hydrogen (secondary N) is 1. The fraction of sp³-hybridized carbons (Fsp3) is 0.417. The van der Waals surface area contributed by atoms with Crippen LogP contribution >= 0.6 is 0 Å². The van der Waals surface area contributed by atoms with Crippen molar-refractivity contribution in [2.24, 2.45) is 0 Å². The third-order valence-electron chi connectivity index (χ3n) is 2.21. The number of rotatable bonds is 5. The Hall–Kier alpha value is -1.42. The van der Waals surface area contributed by atoms with Gasteiger partial charge in [0.1, 0.15) is 11.9 Å². The molecule has 0 aromatic heterocycles. The Bertz CT molecular complexity index is 366. The third kappa shape index (κ3) is 3.62. The van der Waals surface area contributed by atoms with E-state index in [1.165, 1.54) is 6.07 Å². The normalized spacial score (nSPS) is 12.8. The van der Waals surface area contributed by atoms with Crippen LogP contribution in [0.25, 0.3) is 0 Å². The highest BCUT2D eigenvalue weighted by Crippen LogP contribution is 2.09. The Morgan fingerprint density at radius 1 is 1.44 bits per heavy atom. The molecule has 0 spiro atoms. The summed E-state index contributed by atoms with van der Waals surface area (Å²) in [5, 5.41) is 11.9. The number of carboxylic acids is 1. The summed E-state index contributed by atoms with van der Waals surface area (Å²) in [4.78, 5) is 11.0. The van der Waals surface area contributed by atoms with Crippen LogP contribution in [0.3, 0.4) is 0 Å². The highest BCUT2D eigenvalue weighted by molar-refractivity contribution is 5.74. The number of carbonyl (C=O) groups is 1. The molecule has 1 atom stereocenters. The van der Waals surface area contributed by atoms with Gasteiger partial charge in [-0.2, -0.15) is 0 Å². The molecule has 0 bridgehead atoms. The summed E-state index contributed by atoms with van der Waals surface area (Å²) in [5.74, 6) is -1.32. The van der Waals surface area contributed by atoms with E-state index >= 15 is 0 Å². The first kappa shape index (κ1) is 12.6. The Kier molecular flexibility index (Phi) is 4.43. The number of hydrogen-bond donors (Lipinski definition) is 2. The molecular weight excluding hydrogens is 209 g/mol. The van der Waals surface area contributed by atoms with E-state index in [9.17, 15) is 9.18 Å². The predicted octanol–water partition coefficient (Wildman–Crippen LogP) is 1.82. The highest BCUT2D eigenvalue weighted by Gasteiger charge is 2.19. The zero-order valence-electron chi connectivity index (χ0n) is 9.40. The lowest BCUT2D eigenvalue weighted by molar-refractivity contribution is -0.139. The first-order valence-electron chi connectivity index (χ1n) is 5.23. The van der Waals surface area contributed by atoms with Crippen molar-refractivity contribution in [3.63, 3.8) is 0 Å². The number of benzene rings is 1. The second kappa shape index (κ2) is 5.61.